The molecule has 1 aliphatic carbocycles. The first kappa shape index (κ1) is 12.0. The van der Waals surface area contributed by atoms with E-state index in [4.69, 9.17) is 9.63 Å². The van der Waals surface area contributed by atoms with Crippen LogP contribution in [-0.4, -0.2) is 33.8 Å². The summed E-state index contributed by atoms with van der Waals surface area (Å²) in [6.45, 7) is -0.177. The lowest BCUT2D eigenvalue weighted by molar-refractivity contribution is 0.113. The number of hydrogen-bond donors (Lipinski definition) is 2. The van der Waals surface area contributed by atoms with Gasteiger partial charge in [0.05, 0.1) is 18.4 Å². The van der Waals surface area contributed by atoms with Crippen molar-refractivity contribution in [3.63, 3.8) is 0 Å². The Labute approximate surface area is 99.0 Å². The number of thioether (sulfide) groups is 1. The topological polar surface area (TPSA) is 66.5 Å². The van der Waals surface area contributed by atoms with Crippen LogP contribution < -0.4 is 0 Å². The first-order valence-corrected chi connectivity index (χ1v) is 6.79. The molecule has 0 radical (unpaired) electrons. The molecule has 0 saturated heterocycles. The molecule has 1 aromatic rings. The van der Waals surface area contributed by atoms with E-state index < -0.39 is 6.10 Å². The van der Waals surface area contributed by atoms with Crippen molar-refractivity contribution in [1.82, 2.24) is 5.16 Å². The zero-order valence-corrected chi connectivity index (χ0v) is 10.0. The van der Waals surface area contributed by atoms with Crippen LogP contribution in [0.4, 0.5) is 0 Å². The van der Waals surface area contributed by atoms with E-state index in [0.717, 1.165) is 30.0 Å². The Bertz CT molecular complexity index is 340. The summed E-state index contributed by atoms with van der Waals surface area (Å²) in [6.07, 6.45) is 3.85. The van der Waals surface area contributed by atoms with Crippen LogP contribution in [0.5, 0.6) is 0 Å². The van der Waals surface area contributed by atoms with Crippen LogP contribution >= 0.6 is 11.8 Å². The molecule has 0 fully saturated rings. The van der Waals surface area contributed by atoms with E-state index >= 15 is 0 Å². The van der Waals surface area contributed by atoms with Gasteiger partial charge in [-0.1, -0.05) is 5.16 Å². The maximum atomic E-state index is 9.21. The summed E-state index contributed by atoms with van der Waals surface area (Å²) in [5.41, 5.74) is 2.29. The van der Waals surface area contributed by atoms with Crippen molar-refractivity contribution in [3.8, 4) is 0 Å². The lowest BCUT2D eigenvalue weighted by Crippen LogP contribution is -2.14. The van der Waals surface area contributed by atoms with Gasteiger partial charge in [-0.25, -0.2) is 0 Å². The zero-order valence-electron chi connectivity index (χ0n) is 9.19. The third-order valence-electron chi connectivity index (χ3n) is 2.79. The lowest BCUT2D eigenvalue weighted by atomic mass is 9.97. The van der Waals surface area contributed by atoms with E-state index in [1.54, 1.807) is 11.8 Å². The maximum Gasteiger partial charge on any atom is 0.140 e. The predicted molar refractivity (Wildman–Crippen MR) is 62.4 cm³/mol. The average Bonchev–Trinajstić information content (AvgIpc) is 2.73. The summed E-state index contributed by atoms with van der Waals surface area (Å²) in [6, 6.07) is 0. The Balaban J connectivity index is 1.87. The fraction of sp³-hybridized carbons (Fsp3) is 0.727. The van der Waals surface area contributed by atoms with Gasteiger partial charge in [0.25, 0.3) is 0 Å². The van der Waals surface area contributed by atoms with Gasteiger partial charge < -0.3 is 14.7 Å². The summed E-state index contributed by atoms with van der Waals surface area (Å²) in [5.74, 6) is 2.35. The van der Waals surface area contributed by atoms with Crippen LogP contribution in [0.25, 0.3) is 0 Å². The van der Waals surface area contributed by atoms with Crippen LogP contribution in [0.15, 0.2) is 4.52 Å². The van der Waals surface area contributed by atoms with Crippen LogP contribution in [0, 0.1) is 0 Å². The molecular weight excluding hydrogens is 226 g/mol. The number of aliphatic hydroxyl groups excluding tert-OH is 2. The number of aryl methyl sites for hydroxylation is 1. The summed E-state index contributed by atoms with van der Waals surface area (Å²) >= 11 is 1.58. The van der Waals surface area contributed by atoms with Gasteiger partial charge in [0.2, 0.25) is 0 Å². The SMILES string of the molecule is OC[C@@H](O)CSCc1noc2c1CCCC2. The van der Waals surface area contributed by atoms with Gasteiger partial charge in [-0.05, 0) is 19.3 Å². The molecule has 0 spiro atoms. The molecule has 90 valence electrons. The van der Waals surface area contributed by atoms with Gasteiger partial charge in [-0.2, -0.15) is 11.8 Å². The highest BCUT2D eigenvalue weighted by Gasteiger charge is 2.19. The van der Waals surface area contributed by atoms with E-state index in [0.29, 0.717) is 5.75 Å². The Morgan fingerprint density at radius 3 is 3.00 bits per heavy atom. The minimum absolute atomic E-state index is 0.177. The normalized spacial score (nSPS) is 17.1. The number of hydrogen-bond acceptors (Lipinski definition) is 5. The van der Waals surface area contributed by atoms with Crippen LogP contribution in [0.1, 0.15) is 29.9 Å². The Morgan fingerprint density at radius 1 is 1.38 bits per heavy atom. The zero-order chi connectivity index (χ0) is 11.4. The predicted octanol–water partition coefficient (Wildman–Crippen LogP) is 1.14. The second-order valence-corrected chi connectivity index (χ2v) is 5.12. The third-order valence-corrected chi connectivity index (χ3v) is 3.89. The summed E-state index contributed by atoms with van der Waals surface area (Å²) in [7, 11) is 0. The van der Waals surface area contributed by atoms with E-state index in [9.17, 15) is 5.11 Å². The molecule has 0 unspecified atom stereocenters. The van der Waals surface area contributed by atoms with E-state index in [1.807, 2.05) is 0 Å². The van der Waals surface area contributed by atoms with Crippen molar-refractivity contribution in [2.75, 3.05) is 12.4 Å². The minimum atomic E-state index is -0.632. The Hall–Kier alpha value is -0.520. The molecule has 5 heteroatoms. The number of aromatic nitrogens is 1. The van der Waals surface area contributed by atoms with E-state index in [-0.39, 0.29) is 6.61 Å². The van der Waals surface area contributed by atoms with Gasteiger partial charge in [-0.15, -0.1) is 0 Å². The van der Waals surface area contributed by atoms with Gasteiger partial charge in [0.15, 0.2) is 0 Å². The molecule has 4 nitrogen and oxygen atoms in total. The highest BCUT2D eigenvalue weighted by atomic mass is 32.2. The lowest BCUT2D eigenvalue weighted by Gasteiger charge is -2.09. The summed E-state index contributed by atoms with van der Waals surface area (Å²) in [5, 5.41) is 22.0. The van der Waals surface area contributed by atoms with Crippen molar-refractivity contribution in [1.29, 1.82) is 0 Å². The molecule has 0 aromatic carbocycles. The van der Waals surface area contributed by atoms with Crippen molar-refractivity contribution in [2.24, 2.45) is 0 Å². The molecule has 0 bridgehead atoms. The number of rotatable bonds is 5. The highest BCUT2D eigenvalue weighted by molar-refractivity contribution is 7.98. The smallest absolute Gasteiger partial charge is 0.140 e. The highest BCUT2D eigenvalue weighted by Crippen LogP contribution is 2.26. The molecule has 0 saturated carbocycles. The standard InChI is InChI=1S/C11H17NO3S/c13-5-8(14)6-16-7-10-9-3-1-2-4-11(9)15-12-10/h8,13-14H,1-7H2/t8-/m1/s1. The van der Waals surface area contributed by atoms with Crippen molar-refractivity contribution in [2.45, 2.75) is 37.5 Å². The first-order valence-electron chi connectivity index (χ1n) is 5.64. The number of nitrogens with zero attached hydrogens (tertiary/aromatic N) is 1. The molecule has 1 atom stereocenters. The number of fused-ring (bicyclic) bond motifs is 1. The van der Waals surface area contributed by atoms with Gasteiger partial charge in [-0.3, -0.25) is 0 Å². The van der Waals surface area contributed by atoms with Crippen LogP contribution in [0.2, 0.25) is 0 Å². The van der Waals surface area contributed by atoms with Gasteiger partial charge in [0, 0.05) is 23.5 Å². The van der Waals surface area contributed by atoms with Crippen molar-refractivity contribution < 1.29 is 14.7 Å². The molecule has 0 amide bonds. The molecule has 2 N–H and O–H groups in total. The van der Waals surface area contributed by atoms with Gasteiger partial charge >= 0.3 is 0 Å². The molecule has 1 aromatic heterocycles. The summed E-state index contributed by atoms with van der Waals surface area (Å²) < 4.78 is 5.30. The Kier molecular flexibility index (Phi) is 4.26. The van der Waals surface area contributed by atoms with Crippen molar-refractivity contribution >= 4 is 11.8 Å². The molecule has 1 aliphatic rings. The monoisotopic (exact) mass is 243 g/mol. The second-order valence-electron chi connectivity index (χ2n) is 4.09. The maximum absolute atomic E-state index is 9.21. The largest absolute Gasteiger partial charge is 0.394 e. The summed E-state index contributed by atoms with van der Waals surface area (Å²) in [4.78, 5) is 0. The Morgan fingerprint density at radius 2 is 2.19 bits per heavy atom. The van der Waals surface area contributed by atoms with Crippen molar-refractivity contribution in [3.05, 3.63) is 17.0 Å². The third kappa shape index (κ3) is 2.78. The molecule has 2 rings (SSSR count). The fourth-order valence-electron chi connectivity index (χ4n) is 1.91. The molecule has 0 aliphatic heterocycles. The quantitative estimate of drug-likeness (QED) is 0.812. The van der Waals surface area contributed by atoms with E-state index in [2.05, 4.69) is 5.16 Å². The average molecular weight is 243 g/mol. The number of aliphatic hydroxyl groups is 2. The molecule has 16 heavy (non-hydrogen) atoms. The molecule has 1 heterocycles. The van der Waals surface area contributed by atoms with Gasteiger partial charge in [0.1, 0.15) is 5.76 Å². The first-order chi connectivity index (χ1) is 7.81. The second kappa shape index (κ2) is 5.70. The van der Waals surface area contributed by atoms with E-state index in [1.165, 1.54) is 18.4 Å². The van der Waals surface area contributed by atoms with Crippen LogP contribution in [-0.2, 0) is 18.6 Å². The van der Waals surface area contributed by atoms with Crippen LogP contribution in [0.3, 0.4) is 0 Å². The fourth-order valence-corrected chi connectivity index (χ4v) is 2.82. The molecular formula is C11H17NO3S. The minimum Gasteiger partial charge on any atom is -0.394 e.